The highest BCUT2D eigenvalue weighted by Crippen LogP contribution is 2.25. The predicted octanol–water partition coefficient (Wildman–Crippen LogP) is 5.53. The van der Waals surface area contributed by atoms with E-state index in [1.807, 2.05) is 72.4 Å². The lowest BCUT2D eigenvalue weighted by molar-refractivity contribution is 0.863. The second-order valence-corrected chi connectivity index (χ2v) is 6.86. The van der Waals surface area contributed by atoms with Crippen LogP contribution in [0.5, 0.6) is 0 Å². The Hall–Kier alpha value is -3.99. The Labute approximate surface area is 168 Å². The lowest BCUT2D eigenvalue weighted by atomic mass is 10.1. The van der Waals surface area contributed by atoms with Gasteiger partial charge in [0.25, 0.3) is 0 Å². The molecule has 0 radical (unpaired) electrons. The van der Waals surface area contributed by atoms with Crippen LogP contribution in [0.4, 0.5) is 11.6 Å². The molecule has 0 saturated heterocycles. The Bertz CT molecular complexity index is 1290. The van der Waals surface area contributed by atoms with E-state index in [4.69, 9.17) is 4.98 Å². The summed E-state index contributed by atoms with van der Waals surface area (Å²) < 4.78 is 1.88. The summed E-state index contributed by atoms with van der Waals surface area (Å²) in [5.41, 5.74) is 4.72. The van der Waals surface area contributed by atoms with Gasteiger partial charge in [0.05, 0.1) is 17.1 Å². The van der Waals surface area contributed by atoms with Crippen molar-refractivity contribution >= 4 is 22.4 Å². The van der Waals surface area contributed by atoms with Crippen molar-refractivity contribution in [3.63, 3.8) is 0 Å². The molecule has 5 rings (SSSR count). The fourth-order valence-electron chi connectivity index (χ4n) is 3.39. The quantitative estimate of drug-likeness (QED) is 0.447. The van der Waals surface area contributed by atoms with Gasteiger partial charge in [-0.15, -0.1) is 0 Å². The van der Waals surface area contributed by atoms with Crippen molar-refractivity contribution in [2.24, 2.45) is 0 Å². The summed E-state index contributed by atoms with van der Waals surface area (Å²) in [6.45, 7) is 1.99. The summed E-state index contributed by atoms with van der Waals surface area (Å²) in [6, 6.07) is 26.5. The van der Waals surface area contributed by atoms with Crippen molar-refractivity contribution in [1.29, 1.82) is 0 Å². The molecule has 0 spiro atoms. The number of nitrogens with zero attached hydrogens (tertiary/aromatic N) is 4. The number of rotatable bonds is 4. The van der Waals surface area contributed by atoms with Crippen molar-refractivity contribution in [3.05, 3.63) is 97.0 Å². The van der Waals surface area contributed by atoms with Crippen LogP contribution in [-0.4, -0.2) is 19.7 Å². The standard InChI is InChI=1S/C24H19N5/c1-17-22(16-29(28-17)21-9-3-2-4-10-21)23-13-14-25-24(27-23)26-20-12-11-18-7-5-6-8-19(18)15-20/h2-16H,1H3,(H,25,26,27). The van der Waals surface area contributed by atoms with E-state index in [1.54, 1.807) is 6.20 Å². The highest BCUT2D eigenvalue weighted by molar-refractivity contribution is 5.86. The molecular formula is C24H19N5. The molecule has 29 heavy (non-hydrogen) atoms. The first-order valence-electron chi connectivity index (χ1n) is 9.47. The van der Waals surface area contributed by atoms with Gasteiger partial charge in [0.2, 0.25) is 5.95 Å². The molecule has 3 aromatic carbocycles. The van der Waals surface area contributed by atoms with E-state index in [9.17, 15) is 0 Å². The van der Waals surface area contributed by atoms with E-state index in [2.05, 4.69) is 39.7 Å². The first kappa shape index (κ1) is 17.1. The van der Waals surface area contributed by atoms with E-state index in [-0.39, 0.29) is 0 Å². The second kappa shape index (κ2) is 7.20. The minimum absolute atomic E-state index is 0.560. The number of fused-ring (bicyclic) bond motifs is 1. The zero-order valence-electron chi connectivity index (χ0n) is 15.9. The third-order valence-electron chi connectivity index (χ3n) is 4.86. The number of benzene rings is 3. The van der Waals surface area contributed by atoms with Gasteiger partial charge in [0.15, 0.2) is 0 Å². The highest BCUT2D eigenvalue weighted by atomic mass is 15.3. The van der Waals surface area contributed by atoms with Crippen LogP contribution in [0.2, 0.25) is 0 Å². The van der Waals surface area contributed by atoms with Crippen LogP contribution in [0.25, 0.3) is 27.7 Å². The van der Waals surface area contributed by atoms with Crippen LogP contribution in [0.15, 0.2) is 91.3 Å². The third-order valence-corrected chi connectivity index (χ3v) is 4.86. The molecule has 0 aliphatic carbocycles. The molecule has 140 valence electrons. The minimum Gasteiger partial charge on any atom is -0.324 e. The van der Waals surface area contributed by atoms with Gasteiger partial charge >= 0.3 is 0 Å². The van der Waals surface area contributed by atoms with Crippen LogP contribution in [0, 0.1) is 6.92 Å². The molecule has 2 aromatic heterocycles. The topological polar surface area (TPSA) is 55.6 Å². The number of hydrogen-bond acceptors (Lipinski definition) is 4. The molecule has 5 nitrogen and oxygen atoms in total. The molecule has 5 aromatic rings. The van der Waals surface area contributed by atoms with Gasteiger partial charge in [-0.3, -0.25) is 0 Å². The van der Waals surface area contributed by atoms with E-state index >= 15 is 0 Å². The highest BCUT2D eigenvalue weighted by Gasteiger charge is 2.11. The fourth-order valence-corrected chi connectivity index (χ4v) is 3.39. The summed E-state index contributed by atoms with van der Waals surface area (Å²) in [5.74, 6) is 0.560. The average molecular weight is 377 g/mol. The molecular weight excluding hydrogens is 358 g/mol. The average Bonchev–Trinajstić information content (AvgIpc) is 3.16. The molecule has 0 amide bonds. The maximum Gasteiger partial charge on any atom is 0.227 e. The van der Waals surface area contributed by atoms with Gasteiger partial charge in [-0.2, -0.15) is 5.10 Å². The van der Waals surface area contributed by atoms with Gasteiger partial charge in [-0.05, 0) is 48.0 Å². The molecule has 2 heterocycles. The van der Waals surface area contributed by atoms with Crippen molar-refractivity contribution < 1.29 is 0 Å². The number of nitrogens with one attached hydrogen (secondary N) is 1. The summed E-state index contributed by atoms with van der Waals surface area (Å²) in [7, 11) is 0. The first-order chi connectivity index (χ1) is 14.3. The SMILES string of the molecule is Cc1nn(-c2ccccc2)cc1-c1ccnc(Nc2ccc3ccccc3c2)n1. The van der Waals surface area contributed by atoms with Crippen molar-refractivity contribution in [2.45, 2.75) is 6.92 Å². The molecule has 0 aliphatic rings. The third kappa shape index (κ3) is 3.46. The lowest BCUT2D eigenvalue weighted by Gasteiger charge is -2.07. The Morgan fingerprint density at radius 2 is 1.62 bits per heavy atom. The summed E-state index contributed by atoms with van der Waals surface area (Å²) >= 11 is 0. The molecule has 0 unspecified atom stereocenters. The zero-order valence-corrected chi connectivity index (χ0v) is 15.9. The van der Waals surface area contributed by atoms with Crippen molar-refractivity contribution in [3.8, 4) is 16.9 Å². The fraction of sp³-hybridized carbons (Fsp3) is 0.0417. The van der Waals surface area contributed by atoms with Gasteiger partial charge in [0.1, 0.15) is 0 Å². The van der Waals surface area contributed by atoms with E-state index in [0.717, 1.165) is 28.3 Å². The van der Waals surface area contributed by atoms with Crippen LogP contribution in [-0.2, 0) is 0 Å². The number of aromatic nitrogens is 4. The number of hydrogen-bond donors (Lipinski definition) is 1. The minimum atomic E-state index is 0.560. The van der Waals surface area contributed by atoms with E-state index in [0.29, 0.717) is 5.95 Å². The van der Waals surface area contributed by atoms with Crippen molar-refractivity contribution in [1.82, 2.24) is 19.7 Å². The normalized spacial score (nSPS) is 10.9. The van der Waals surface area contributed by atoms with E-state index in [1.165, 1.54) is 10.8 Å². The molecule has 0 saturated carbocycles. The smallest absolute Gasteiger partial charge is 0.227 e. The molecule has 0 aliphatic heterocycles. The zero-order chi connectivity index (χ0) is 19.6. The molecule has 0 fully saturated rings. The van der Waals surface area contributed by atoms with Gasteiger partial charge in [-0.25, -0.2) is 14.6 Å². The molecule has 0 atom stereocenters. The number of para-hydroxylation sites is 1. The molecule has 5 heteroatoms. The monoisotopic (exact) mass is 377 g/mol. The Kier molecular flexibility index (Phi) is 4.26. The molecule has 1 N–H and O–H groups in total. The van der Waals surface area contributed by atoms with Gasteiger partial charge in [-0.1, -0.05) is 48.5 Å². The molecule has 0 bridgehead atoms. The van der Waals surface area contributed by atoms with Crippen molar-refractivity contribution in [2.75, 3.05) is 5.32 Å². The van der Waals surface area contributed by atoms with Crippen LogP contribution < -0.4 is 5.32 Å². The maximum atomic E-state index is 4.71. The largest absolute Gasteiger partial charge is 0.324 e. The predicted molar refractivity (Wildman–Crippen MR) is 117 cm³/mol. The van der Waals surface area contributed by atoms with Crippen LogP contribution >= 0.6 is 0 Å². The Morgan fingerprint density at radius 1 is 0.828 bits per heavy atom. The summed E-state index contributed by atoms with van der Waals surface area (Å²) in [6.07, 6.45) is 3.78. The van der Waals surface area contributed by atoms with Gasteiger partial charge in [0, 0.05) is 23.6 Å². The Balaban J connectivity index is 1.46. The second-order valence-electron chi connectivity index (χ2n) is 6.86. The number of anilines is 2. The first-order valence-corrected chi connectivity index (χ1v) is 9.47. The van der Waals surface area contributed by atoms with E-state index < -0.39 is 0 Å². The summed E-state index contributed by atoms with van der Waals surface area (Å²) in [4.78, 5) is 9.10. The van der Waals surface area contributed by atoms with Crippen LogP contribution in [0.3, 0.4) is 0 Å². The lowest BCUT2D eigenvalue weighted by Crippen LogP contribution is -1.98. The Morgan fingerprint density at radius 3 is 2.48 bits per heavy atom. The van der Waals surface area contributed by atoms with Gasteiger partial charge < -0.3 is 5.32 Å². The summed E-state index contributed by atoms with van der Waals surface area (Å²) in [5, 5.41) is 10.3. The maximum absolute atomic E-state index is 4.71. The number of aryl methyl sites for hydroxylation is 1. The van der Waals surface area contributed by atoms with Crippen LogP contribution in [0.1, 0.15) is 5.69 Å².